The van der Waals surface area contributed by atoms with Crippen LogP contribution in [0.4, 0.5) is 0 Å². The molecule has 2 heterocycles. The molecule has 2 N–H and O–H groups in total. The highest BCUT2D eigenvalue weighted by Gasteiger charge is 2.11. The summed E-state index contributed by atoms with van der Waals surface area (Å²) in [5, 5.41) is 5.86. The zero-order valence-corrected chi connectivity index (χ0v) is 11.0. The van der Waals surface area contributed by atoms with Gasteiger partial charge in [-0.05, 0) is 41.1 Å². The third-order valence-electron chi connectivity index (χ3n) is 3.34. The van der Waals surface area contributed by atoms with E-state index in [2.05, 4.69) is 33.8 Å². The molecule has 4 nitrogen and oxygen atoms in total. The average Bonchev–Trinajstić information content (AvgIpc) is 2.52. The maximum Gasteiger partial charge on any atom is 0.207 e. The fourth-order valence-corrected chi connectivity index (χ4v) is 2.40. The van der Waals surface area contributed by atoms with Gasteiger partial charge in [0.25, 0.3) is 0 Å². The number of benzene rings is 1. The van der Waals surface area contributed by atoms with Crippen molar-refractivity contribution in [3.05, 3.63) is 59.5 Å². The Labute approximate surface area is 117 Å². The van der Waals surface area contributed by atoms with E-state index < -0.39 is 0 Å². The molecule has 0 atom stereocenters. The fraction of sp³-hybridized carbons (Fsp3) is 0.125. The van der Waals surface area contributed by atoms with E-state index in [1.807, 2.05) is 30.6 Å². The van der Waals surface area contributed by atoms with Gasteiger partial charge in [-0.15, -0.1) is 0 Å². The van der Waals surface area contributed by atoms with Crippen LogP contribution in [0.2, 0.25) is 0 Å². The summed E-state index contributed by atoms with van der Waals surface area (Å²) >= 11 is 0. The first-order valence-electron chi connectivity index (χ1n) is 6.52. The molecule has 1 aliphatic rings. The summed E-state index contributed by atoms with van der Waals surface area (Å²) in [6, 6.07) is 10.2. The Kier molecular flexibility index (Phi) is 3.46. The number of aromatic nitrogens is 1. The van der Waals surface area contributed by atoms with Gasteiger partial charge in [-0.3, -0.25) is 9.78 Å². The maximum atomic E-state index is 10.4. The maximum absolute atomic E-state index is 10.4. The van der Waals surface area contributed by atoms with Crippen molar-refractivity contribution >= 4 is 12.5 Å². The third kappa shape index (κ3) is 2.40. The highest BCUT2D eigenvalue weighted by molar-refractivity contribution is 5.77. The van der Waals surface area contributed by atoms with Crippen LogP contribution in [0.1, 0.15) is 16.8 Å². The third-order valence-corrected chi connectivity index (χ3v) is 3.34. The van der Waals surface area contributed by atoms with Crippen LogP contribution in [-0.4, -0.2) is 11.4 Å². The molecule has 0 bridgehead atoms. The Morgan fingerprint density at radius 2 is 2.30 bits per heavy atom. The molecule has 1 aromatic carbocycles. The summed E-state index contributed by atoms with van der Waals surface area (Å²) in [5.74, 6) is 0. The molecule has 20 heavy (non-hydrogen) atoms. The molecule has 1 aliphatic heterocycles. The first-order valence-corrected chi connectivity index (χ1v) is 6.52. The predicted molar refractivity (Wildman–Crippen MR) is 78.5 cm³/mol. The number of hydrogen-bond acceptors (Lipinski definition) is 3. The predicted octanol–water partition coefficient (Wildman–Crippen LogP) is 2.07. The first kappa shape index (κ1) is 12.4. The van der Waals surface area contributed by atoms with E-state index in [9.17, 15) is 4.79 Å². The van der Waals surface area contributed by atoms with Gasteiger partial charge in [-0.25, -0.2) is 0 Å². The Morgan fingerprint density at radius 3 is 3.20 bits per heavy atom. The fourth-order valence-electron chi connectivity index (χ4n) is 2.40. The van der Waals surface area contributed by atoms with E-state index >= 15 is 0 Å². The van der Waals surface area contributed by atoms with Gasteiger partial charge in [0.1, 0.15) is 0 Å². The molecule has 0 fully saturated rings. The number of nitrogens with one attached hydrogen (secondary N) is 2. The minimum Gasteiger partial charge on any atom is -0.385 e. The minimum atomic E-state index is 0.544. The highest BCUT2D eigenvalue weighted by atomic mass is 16.1. The van der Waals surface area contributed by atoms with Crippen molar-refractivity contribution in [1.29, 1.82) is 0 Å². The Hall–Kier alpha value is -2.62. The molecule has 3 rings (SSSR count). The van der Waals surface area contributed by atoms with Crippen LogP contribution in [0.25, 0.3) is 17.2 Å². The molecule has 0 spiro atoms. The van der Waals surface area contributed by atoms with Gasteiger partial charge in [0.2, 0.25) is 6.41 Å². The lowest BCUT2D eigenvalue weighted by atomic mass is 9.96. The van der Waals surface area contributed by atoms with E-state index in [0.717, 1.165) is 35.3 Å². The van der Waals surface area contributed by atoms with Gasteiger partial charge in [-0.1, -0.05) is 18.2 Å². The van der Waals surface area contributed by atoms with Crippen molar-refractivity contribution in [3.63, 3.8) is 0 Å². The lowest BCUT2D eigenvalue weighted by molar-refractivity contribution is -0.109. The second-order valence-corrected chi connectivity index (χ2v) is 4.63. The summed E-state index contributed by atoms with van der Waals surface area (Å²) in [6.07, 6.45) is 6.56. The molecule has 4 heteroatoms. The summed E-state index contributed by atoms with van der Waals surface area (Å²) in [7, 11) is 0. The normalized spacial score (nSPS) is 12.4. The molecule has 1 aromatic heterocycles. The zero-order chi connectivity index (χ0) is 13.8. The van der Waals surface area contributed by atoms with Crippen molar-refractivity contribution in [2.75, 3.05) is 0 Å². The van der Waals surface area contributed by atoms with Gasteiger partial charge in [-0.2, -0.15) is 0 Å². The van der Waals surface area contributed by atoms with E-state index in [-0.39, 0.29) is 0 Å². The molecule has 2 aromatic rings. The van der Waals surface area contributed by atoms with Gasteiger partial charge in [0, 0.05) is 18.3 Å². The summed E-state index contributed by atoms with van der Waals surface area (Å²) < 4.78 is 0. The second-order valence-electron chi connectivity index (χ2n) is 4.63. The molecule has 0 saturated carbocycles. The van der Waals surface area contributed by atoms with E-state index in [4.69, 9.17) is 0 Å². The van der Waals surface area contributed by atoms with E-state index in [0.29, 0.717) is 6.54 Å². The van der Waals surface area contributed by atoms with Crippen LogP contribution in [0.15, 0.2) is 42.7 Å². The number of fused-ring (bicyclic) bond motifs is 1. The molecular formula is C16H15N3O. The Bertz CT molecular complexity index is 665. The van der Waals surface area contributed by atoms with Gasteiger partial charge >= 0.3 is 0 Å². The van der Waals surface area contributed by atoms with Crippen LogP contribution in [0.3, 0.4) is 0 Å². The number of carbonyl (C=O) groups excluding carboxylic acids is 1. The lowest BCUT2D eigenvalue weighted by Crippen LogP contribution is -2.12. The highest BCUT2D eigenvalue weighted by Crippen LogP contribution is 2.28. The molecule has 0 radical (unpaired) electrons. The van der Waals surface area contributed by atoms with Crippen molar-refractivity contribution in [2.45, 2.75) is 13.1 Å². The summed E-state index contributed by atoms with van der Waals surface area (Å²) in [5.41, 5.74) is 5.60. The zero-order valence-electron chi connectivity index (χ0n) is 11.0. The number of carbonyl (C=O) groups is 1. The van der Waals surface area contributed by atoms with Crippen LogP contribution >= 0.6 is 0 Å². The molecular weight excluding hydrogens is 250 g/mol. The summed E-state index contributed by atoms with van der Waals surface area (Å²) in [4.78, 5) is 14.8. The number of pyridine rings is 1. The lowest BCUT2D eigenvalue weighted by Gasteiger charge is -2.15. The summed E-state index contributed by atoms with van der Waals surface area (Å²) in [6.45, 7) is 1.30. The van der Waals surface area contributed by atoms with Crippen molar-refractivity contribution < 1.29 is 4.79 Å². The van der Waals surface area contributed by atoms with Crippen LogP contribution in [0, 0.1) is 0 Å². The monoisotopic (exact) mass is 265 g/mol. The number of hydrogen-bond donors (Lipinski definition) is 2. The molecule has 1 amide bonds. The second kappa shape index (κ2) is 5.57. The van der Waals surface area contributed by atoms with Gasteiger partial charge in [0.05, 0.1) is 12.2 Å². The van der Waals surface area contributed by atoms with Crippen LogP contribution in [-0.2, 0) is 17.9 Å². The van der Waals surface area contributed by atoms with Crippen molar-refractivity contribution in [2.24, 2.45) is 0 Å². The van der Waals surface area contributed by atoms with Crippen LogP contribution < -0.4 is 10.6 Å². The van der Waals surface area contributed by atoms with E-state index in [1.165, 1.54) is 5.56 Å². The average molecular weight is 265 g/mol. The van der Waals surface area contributed by atoms with Gasteiger partial charge in [0.15, 0.2) is 0 Å². The Balaban J connectivity index is 2.01. The van der Waals surface area contributed by atoms with Crippen molar-refractivity contribution in [3.8, 4) is 11.1 Å². The number of amides is 1. The Morgan fingerprint density at radius 1 is 1.35 bits per heavy atom. The molecule has 0 saturated heterocycles. The standard InChI is InChI=1S/C16H15N3O/c20-11-18-9-12-2-1-3-13(8-12)14-5-7-19-16-10-17-6-4-15(14)16/h1-8,11,17H,9-10H2,(H,18,20). The molecule has 100 valence electrons. The number of nitrogens with zero attached hydrogens (tertiary/aromatic N) is 1. The quantitative estimate of drug-likeness (QED) is 0.832. The topological polar surface area (TPSA) is 54.0 Å². The smallest absolute Gasteiger partial charge is 0.207 e. The largest absolute Gasteiger partial charge is 0.385 e. The van der Waals surface area contributed by atoms with Gasteiger partial charge < -0.3 is 10.6 Å². The minimum absolute atomic E-state index is 0.544. The first-order chi connectivity index (χ1) is 9.88. The SMILES string of the molecule is O=CNCc1cccc(-c2ccnc3c2C=CNC3)c1. The molecule has 0 aliphatic carbocycles. The molecule has 0 unspecified atom stereocenters. The van der Waals surface area contributed by atoms with E-state index in [1.54, 1.807) is 0 Å². The van der Waals surface area contributed by atoms with Crippen LogP contribution in [0.5, 0.6) is 0 Å². The van der Waals surface area contributed by atoms with Crippen molar-refractivity contribution in [1.82, 2.24) is 15.6 Å². The number of rotatable bonds is 4.